The van der Waals surface area contributed by atoms with Crippen LogP contribution in [0.1, 0.15) is 44.1 Å². The molecule has 0 bridgehead atoms. The predicted molar refractivity (Wildman–Crippen MR) is 101 cm³/mol. The summed E-state index contributed by atoms with van der Waals surface area (Å²) in [4.78, 5) is 26.0. The summed E-state index contributed by atoms with van der Waals surface area (Å²) in [6.45, 7) is 3.10. The summed E-state index contributed by atoms with van der Waals surface area (Å²) in [7, 11) is 0. The van der Waals surface area contributed by atoms with Crippen molar-refractivity contribution in [2.45, 2.75) is 55.1 Å². The third kappa shape index (κ3) is 4.07. The van der Waals surface area contributed by atoms with E-state index in [0.717, 1.165) is 30.6 Å². The largest absolute Gasteiger partial charge is 0.481 e. The van der Waals surface area contributed by atoms with E-state index in [9.17, 15) is 14.7 Å². The third-order valence-electron chi connectivity index (χ3n) is 5.65. The molecule has 142 valence electrons. The molecule has 1 aliphatic heterocycles. The van der Waals surface area contributed by atoms with Gasteiger partial charge in [-0.15, -0.1) is 11.8 Å². The highest BCUT2D eigenvalue weighted by Crippen LogP contribution is 2.45. The van der Waals surface area contributed by atoms with Gasteiger partial charge in [0.15, 0.2) is 0 Å². The summed E-state index contributed by atoms with van der Waals surface area (Å²) < 4.78 is 4.82. The lowest BCUT2D eigenvalue weighted by Gasteiger charge is -2.35. The van der Waals surface area contributed by atoms with Crippen LogP contribution in [0.25, 0.3) is 0 Å². The first-order chi connectivity index (χ1) is 12.5. The maximum atomic E-state index is 13.1. The van der Waals surface area contributed by atoms with Gasteiger partial charge < -0.3 is 15.2 Å². The fraction of sp³-hybridized carbons (Fsp3) is 0.600. The number of amides is 1. The first-order valence-corrected chi connectivity index (χ1v) is 10.1. The molecule has 2 N–H and O–H groups in total. The van der Waals surface area contributed by atoms with Crippen LogP contribution in [0.15, 0.2) is 29.2 Å². The average molecular weight is 378 g/mol. The van der Waals surface area contributed by atoms with Crippen LogP contribution in [0.4, 0.5) is 0 Å². The fourth-order valence-corrected chi connectivity index (χ4v) is 5.17. The SMILES string of the molecule is Cc1ccc(SC2(C(=O)NCC3(C(=O)O)CCOCC3)CCCC2)cc1. The molecule has 0 unspecified atom stereocenters. The number of thioether (sulfide) groups is 1. The summed E-state index contributed by atoms with van der Waals surface area (Å²) in [5.41, 5.74) is 0.296. The van der Waals surface area contributed by atoms with Gasteiger partial charge in [-0.25, -0.2) is 0 Å². The summed E-state index contributed by atoms with van der Waals surface area (Å²) >= 11 is 1.63. The number of hydrogen-bond donors (Lipinski definition) is 2. The van der Waals surface area contributed by atoms with Crippen molar-refractivity contribution in [2.75, 3.05) is 19.8 Å². The Labute approximate surface area is 158 Å². The predicted octanol–water partition coefficient (Wildman–Crippen LogP) is 3.40. The zero-order chi connectivity index (χ0) is 18.6. The monoisotopic (exact) mass is 377 g/mol. The molecule has 1 saturated carbocycles. The number of ether oxygens (including phenoxy) is 1. The van der Waals surface area contributed by atoms with Gasteiger partial charge in [0.25, 0.3) is 0 Å². The second-order valence-electron chi connectivity index (χ2n) is 7.50. The van der Waals surface area contributed by atoms with Gasteiger partial charge in [0.2, 0.25) is 5.91 Å². The highest BCUT2D eigenvalue weighted by atomic mass is 32.2. The van der Waals surface area contributed by atoms with Crippen LogP contribution in [0.2, 0.25) is 0 Å². The minimum Gasteiger partial charge on any atom is -0.481 e. The molecule has 1 aromatic rings. The zero-order valence-corrected chi connectivity index (χ0v) is 16.1. The number of nitrogens with one attached hydrogen (secondary N) is 1. The topological polar surface area (TPSA) is 75.6 Å². The number of benzene rings is 1. The average Bonchev–Trinajstić information content (AvgIpc) is 3.12. The lowest BCUT2D eigenvalue weighted by molar-refractivity contribution is -0.154. The molecule has 1 saturated heterocycles. The van der Waals surface area contributed by atoms with Crippen LogP contribution in [-0.4, -0.2) is 41.5 Å². The lowest BCUT2D eigenvalue weighted by atomic mass is 9.80. The molecule has 1 aromatic carbocycles. The van der Waals surface area contributed by atoms with Gasteiger partial charge in [-0.2, -0.15) is 0 Å². The molecule has 3 rings (SSSR count). The molecule has 0 radical (unpaired) electrons. The Hall–Kier alpha value is -1.53. The van der Waals surface area contributed by atoms with Crippen molar-refractivity contribution in [1.82, 2.24) is 5.32 Å². The smallest absolute Gasteiger partial charge is 0.311 e. The van der Waals surface area contributed by atoms with E-state index in [0.29, 0.717) is 26.1 Å². The van der Waals surface area contributed by atoms with Crippen molar-refractivity contribution in [2.24, 2.45) is 5.41 Å². The second kappa shape index (κ2) is 8.01. The van der Waals surface area contributed by atoms with Crippen molar-refractivity contribution < 1.29 is 19.4 Å². The van der Waals surface area contributed by atoms with Gasteiger partial charge in [0.1, 0.15) is 0 Å². The second-order valence-corrected chi connectivity index (χ2v) is 8.95. The number of aryl methyl sites for hydroxylation is 1. The molecule has 1 aliphatic carbocycles. The van der Waals surface area contributed by atoms with E-state index in [1.807, 2.05) is 6.92 Å². The molecular formula is C20H27NO4S. The van der Waals surface area contributed by atoms with E-state index in [1.165, 1.54) is 5.56 Å². The first-order valence-electron chi connectivity index (χ1n) is 9.31. The highest BCUT2D eigenvalue weighted by Gasteiger charge is 2.45. The lowest BCUT2D eigenvalue weighted by Crippen LogP contribution is -2.50. The molecule has 26 heavy (non-hydrogen) atoms. The van der Waals surface area contributed by atoms with Crippen LogP contribution in [0, 0.1) is 12.3 Å². The van der Waals surface area contributed by atoms with E-state index >= 15 is 0 Å². The number of carboxylic acid groups (broad SMARTS) is 1. The van der Waals surface area contributed by atoms with Gasteiger partial charge in [-0.3, -0.25) is 9.59 Å². The minimum absolute atomic E-state index is 0.0207. The van der Waals surface area contributed by atoms with Crippen molar-refractivity contribution in [3.8, 4) is 0 Å². The van der Waals surface area contributed by atoms with Gasteiger partial charge in [0.05, 0.1) is 10.2 Å². The molecule has 1 heterocycles. The van der Waals surface area contributed by atoms with Crippen LogP contribution in [0.3, 0.4) is 0 Å². The Kier molecular flexibility index (Phi) is 5.92. The zero-order valence-electron chi connectivity index (χ0n) is 15.3. The standard InChI is InChI=1S/C20H27NO4S/c1-15-4-6-16(7-5-15)26-20(8-2-3-9-20)17(22)21-14-19(18(23)24)10-12-25-13-11-19/h4-7H,2-3,8-14H2,1H3,(H,21,22)(H,23,24). The van der Waals surface area contributed by atoms with Crippen molar-refractivity contribution in [3.63, 3.8) is 0 Å². The van der Waals surface area contributed by atoms with E-state index in [2.05, 4.69) is 29.6 Å². The number of carbonyl (C=O) groups excluding carboxylic acids is 1. The van der Waals surface area contributed by atoms with Crippen LogP contribution >= 0.6 is 11.8 Å². The Bertz CT molecular complexity index is 646. The summed E-state index contributed by atoms with van der Waals surface area (Å²) in [5.74, 6) is -0.861. The Balaban J connectivity index is 1.70. The van der Waals surface area contributed by atoms with Crippen molar-refractivity contribution >= 4 is 23.6 Å². The summed E-state index contributed by atoms with van der Waals surface area (Å²) in [5, 5.41) is 12.7. The molecule has 5 nitrogen and oxygen atoms in total. The normalized spacial score (nSPS) is 21.3. The summed E-state index contributed by atoms with van der Waals surface area (Å²) in [6.07, 6.45) is 4.62. The summed E-state index contributed by atoms with van der Waals surface area (Å²) in [6, 6.07) is 8.24. The van der Waals surface area contributed by atoms with Crippen LogP contribution in [0.5, 0.6) is 0 Å². The Morgan fingerprint density at radius 3 is 2.31 bits per heavy atom. The fourth-order valence-electron chi connectivity index (χ4n) is 3.79. The van der Waals surface area contributed by atoms with Crippen LogP contribution in [-0.2, 0) is 14.3 Å². The van der Waals surface area contributed by atoms with E-state index < -0.39 is 16.1 Å². The third-order valence-corrected chi connectivity index (χ3v) is 7.14. The van der Waals surface area contributed by atoms with E-state index in [4.69, 9.17) is 4.74 Å². The number of aliphatic carboxylic acids is 1. The molecule has 1 amide bonds. The van der Waals surface area contributed by atoms with Gasteiger partial charge in [0, 0.05) is 24.7 Å². The number of carboxylic acids is 1. The molecule has 0 atom stereocenters. The molecular weight excluding hydrogens is 350 g/mol. The van der Waals surface area contributed by atoms with E-state index in [1.54, 1.807) is 11.8 Å². The number of carbonyl (C=O) groups is 2. The quantitative estimate of drug-likeness (QED) is 0.795. The van der Waals surface area contributed by atoms with Gasteiger partial charge in [-0.05, 0) is 44.7 Å². The van der Waals surface area contributed by atoms with Gasteiger partial charge >= 0.3 is 5.97 Å². The van der Waals surface area contributed by atoms with Crippen LogP contribution < -0.4 is 5.32 Å². The van der Waals surface area contributed by atoms with Crippen molar-refractivity contribution in [3.05, 3.63) is 29.8 Å². The molecule has 6 heteroatoms. The molecule has 2 aliphatic rings. The Morgan fingerprint density at radius 2 is 1.73 bits per heavy atom. The maximum absolute atomic E-state index is 13.1. The van der Waals surface area contributed by atoms with Gasteiger partial charge in [-0.1, -0.05) is 30.5 Å². The molecule has 0 aromatic heterocycles. The van der Waals surface area contributed by atoms with Crippen molar-refractivity contribution in [1.29, 1.82) is 0 Å². The van der Waals surface area contributed by atoms with E-state index in [-0.39, 0.29) is 12.5 Å². The minimum atomic E-state index is -0.901. The molecule has 2 fully saturated rings. The first kappa shape index (κ1) is 19.2. The molecule has 0 spiro atoms. The number of rotatable bonds is 6. The number of hydrogen-bond acceptors (Lipinski definition) is 4. The Morgan fingerprint density at radius 1 is 1.12 bits per heavy atom. The maximum Gasteiger partial charge on any atom is 0.311 e. The highest BCUT2D eigenvalue weighted by molar-refractivity contribution is 8.01.